The van der Waals surface area contributed by atoms with E-state index in [1.807, 2.05) is 44.6 Å². The Balaban J connectivity index is 0.677. The van der Waals surface area contributed by atoms with E-state index < -0.39 is 23.9 Å². The number of nitrogens with one attached hydrogen (secondary N) is 3. The number of piperazine rings is 1. The first kappa shape index (κ1) is 61.8. The molecule has 4 aromatic carbocycles. The summed E-state index contributed by atoms with van der Waals surface area (Å²) in [6.07, 6.45) is 11.0. The van der Waals surface area contributed by atoms with Crippen molar-refractivity contribution in [3.05, 3.63) is 114 Å². The lowest BCUT2D eigenvalue weighted by molar-refractivity contribution is -0.131. The highest BCUT2D eigenvalue weighted by Gasteiger charge is 2.36. The van der Waals surface area contributed by atoms with Crippen LogP contribution in [0.25, 0.3) is 11.1 Å². The topological polar surface area (TPSA) is 245 Å². The second-order valence-corrected chi connectivity index (χ2v) is 23.4. The van der Waals surface area contributed by atoms with Crippen LogP contribution in [0, 0.1) is 5.92 Å². The van der Waals surface area contributed by atoms with Crippen LogP contribution in [0.4, 0.5) is 28.4 Å². The van der Waals surface area contributed by atoms with Crippen molar-refractivity contribution in [2.45, 2.75) is 96.4 Å². The van der Waals surface area contributed by atoms with Gasteiger partial charge in [-0.2, -0.15) is 0 Å². The maximum Gasteiger partial charge on any atom is 0.260 e. The highest BCUT2D eigenvalue weighted by atomic mass is 16.5. The first-order valence-corrected chi connectivity index (χ1v) is 30.1. The second-order valence-electron chi connectivity index (χ2n) is 23.4. The Morgan fingerprint density at radius 2 is 1.22 bits per heavy atom. The molecule has 22 heteroatoms. The van der Waals surface area contributed by atoms with Crippen LogP contribution >= 0.6 is 0 Å². The van der Waals surface area contributed by atoms with E-state index in [9.17, 15) is 34.2 Å². The molecule has 5 amide bonds. The molecule has 1 fully saturated rings. The number of amides is 5. The Labute approximate surface area is 513 Å². The van der Waals surface area contributed by atoms with Crippen LogP contribution in [0.1, 0.15) is 97.6 Å². The highest BCUT2D eigenvalue weighted by molar-refractivity contribution is 6.07. The van der Waals surface area contributed by atoms with Crippen molar-refractivity contribution in [3.63, 3.8) is 0 Å². The number of aromatic hydroxyl groups is 2. The normalized spacial score (nSPS) is 17.6. The zero-order valence-corrected chi connectivity index (χ0v) is 51.2. The third-order valence-corrected chi connectivity index (χ3v) is 16.7. The van der Waals surface area contributed by atoms with E-state index in [0.29, 0.717) is 102 Å². The minimum atomic E-state index is -0.922. The third kappa shape index (κ3) is 13.8. The van der Waals surface area contributed by atoms with E-state index in [1.165, 1.54) is 30.5 Å². The van der Waals surface area contributed by atoms with Gasteiger partial charge in [0, 0.05) is 127 Å². The molecule has 88 heavy (non-hydrogen) atoms. The molecule has 5 aliphatic heterocycles. The van der Waals surface area contributed by atoms with Gasteiger partial charge in [0.25, 0.3) is 11.8 Å². The van der Waals surface area contributed by atoms with E-state index in [2.05, 4.69) is 57.1 Å². The van der Waals surface area contributed by atoms with Gasteiger partial charge in [0.05, 0.1) is 62.0 Å². The van der Waals surface area contributed by atoms with Gasteiger partial charge in [-0.3, -0.25) is 38.5 Å². The van der Waals surface area contributed by atoms with Crippen molar-refractivity contribution in [3.8, 4) is 34.8 Å². The molecule has 0 spiro atoms. The molecule has 4 atom stereocenters. The zero-order chi connectivity index (χ0) is 62.3. The van der Waals surface area contributed by atoms with E-state index in [0.717, 1.165) is 48.5 Å². The molecular formula is C66H79N11O11. The number of likely N-dealkylation sites (N-methyl/N-ethyl adjacent to an activating group) is 1. The molecule has 5 N–H and O–H groups in total. The van der Waals surface area contributed by atoms with Gasteiger partial charge in [0.1, 0.15) is 17.8 Å². The molecule has 6 heterocycles. The van der Waals surface area contributed by atoms with Gasteiger partial charge in [-0.1, -0.05) is 44.5 Å². The molecule has 10 rings (SSSR count). The van der Waals surface area contributed by atoms with Crippen molar-refractivity contribution >= 4 is 81.5 Å². The fourth-order valence-electron chi connectivity index (χ4n) is 11.5. The van der Waals surface area contributed by atoms with Crippen molar-refractivity contribution in [1.29, 1.82) is 0 Å². The molecule has 4 unspecified atom stereocenters. The Morgan fingerprint density at radius 3 is 1.73 bits per heavy atom. The number of anilines is 3. The summed E-state index contributed by atoms with van der Waals surface area (Å²) in [5, 5.41) is 29.1. The van der Waals surface area contributed by atoms with Crippen LogP contribution in [0.5, 0.6) is 34.8 Å². The Morgan fingerprint density at radius 1 is 0.670 bits per heavy atom. The van der Waals surface area contributed by atoms with Gasteiger partial charge >= 0.3 is 0 Å². The number of hydrogen-bond acceptors (Lipinski definition) is 16. The summed E-state index contributed by atoms with van der Waals surface area (Å²) in [5.74, 6) is -0.289. The number of unbranched alkanes of at least 4 members (excludes halogenated alkanes) is 2. The smallest absolute Gasteiger partial charge is 0.260 e. The average Bonchev–Trinajstić information content (AvgIpc) is 4.37. The fourth-order valence-corrected chi connectivity index (χ4v) is 11.5. The minimum absolute atomic E-state index is 0.0203. The summed E-state index contributed by atoms with van der Waals surface area (Å²) in [4.78, 5) is 87.3. The van der Waals surface area contributed by atoms with Crippen LogP contribution in [-0.4, -0.2) is 170 Å². The standard InChI is InChI=1S/C66H79N11O11/c1-40(2)61(71-59(78)13-10-9-11-22-75-60(79)35-54(66(75)84)72(4)5)63(81)69-41(3)62(80)70-46-18-14-42(15-19-46)44-29-48-36-67-52-33-57(55(85-7)31-50(52)64(82)76(48)38-44)87-27-12-28-88-58-34-53-51(32-56(58)86-8)65(83)77-39-45(30-49(77)37-68-53)43-16-20-47(21-17-43)74-25-23-73(6)24-26-74/h14-21,31-41,48-49,61,79,84H,9-13,22-30H2,1-8H3,(H,69,81)(H,70,80)(H,71,78). The predicted molar refractivity (Wildman–Crippen MR) is 339 cm³/mol. The average molecular weight is 1200 g/mol. The molecule has 5 aliphatic rings. The fraction of sp³-hybridized carbons (Fsp3) is 0.409. The molecule has 1 aromatic heterocycles. The predicted octanol–water partition coefficient (Wildman–Crippen LogP) is 8.37. The number of carbonyl (C=O) groups excluding carboxylic acids is 5. The number of rotatable bonds is 24. The van der Waals surface area contributed by atoms with Crippen LogP contribution in [-0.2, 0) is 20.9 Å². The number of hydrogen-bond donors (Lipinski definition) is 5. The lowest BCUT2D eigenvalue weighted by Gasteiger charge is -2.34. The summed E-state index contributed by atoms with van der Waals surface area (Å²) in [7, 11) is 8.75. The summed E-state index contributed by atoms with van der Waals surface area (Å²) >= 11 is 0. The van der Waals surface area contributed by atoms with Crippen LogP contribution < -0.4 is 44.7 Å². The van der Waals surface area contributed by atoms with Crippen molar-refractivity contribution < 1.29 is 53.1 Å². The molecule has 1 saturated heterocycles. The molecule has 22 nitrogen and oxygen atoms in total. The molecule has 0 radical (unpaired) electrons. The summed E-state index contributed by atoms with van der Waals surface area (Å²) in [6, 6.07) is 21.8. The Bertz CT molecular complexity index is 3550. The zero-order valence-electron chi connectivity index (χ0n) is 51.2. The summed E-state index contributed by atoms with van der Waals surface area (Å²) in [6.45, 7) is 10.2. The molecule has 0 aliphatic carbocycles. The number of aliphatic imine (C=N–C) groups is 2. The largest absolute Gasteiger partial charge is 0.494 e. The van der Waals surface area contributed by atoms with Gasteiger partial charge in [0.15, 0.2) is 28.9 Å². The molecule has 0 bridgehead atoms. The van der Waals surface area contributed by atoms with E-state index >= 15 is 0 Å². The van der Waals surface area contributed by atoms with Gasteiger partial charge in [-0.15, -0.1) is 0 Å². The van der Waals surface area contributed by atoms with Crippen molar-refractivity contribution in [2.75, 3.05) is 89.9 Å². The van der Waals surface area contributed by atoms with Gasteiger partial charge in [0.2, 0.25) is 23.6 Å². The lowest BCUT2D eigenvalue weighted by Crippen LogP contribution is -2.53. The highest BCUT2D eigenvalue weighted by Crippen LogP contribution is 2.43. The molecule has 464 valence electrons. The third-order valence-electron chi connectivity index (χ3n) is 16.7. The van der Waals surface area contributed by atoms with Gasteiger partial charge in [-0.25, -0.2) is 0 Å². The first-order chi connectivity index (χ1) is 42.4. The summed E-state index contributed by atoms with van der Waals surface area (Å²) in [5.41, 5.74) is 7.86. The number of aromatic nitrogens is 1. The van der Waals surface area contributed by atoms with Crippen molar-refractivity contribution in [1.82, 2.24) is 29.9 Å². The Hall–Kier alpha value is -9.31. The van der Waals surface area contributed by atoms with Crippen LogP contribution in [0.2, 0.25) is 0 Å². The molecular weight excluding hydrogens is 1120 g/mol. The number of fused-ring (bicyclic) bond motifs is 4. The Kier molecular flexibility index (Phi) is 19.1. The lowest BCUT2D eigenvalue weighted by atomic mass is 10.0. The first-order valence-electron chi connectivity index (χ1n) is 30.1. The number of methoxy groups -OCH3 is 2. The van der Waals surface area contributed by atoms with Crippen LogP contribution in [0.15, 0.2) is 101 Å². The van der Waals surface area contributed by atoms with Gasteiger partial charge in [-0.05, 0) is 91.4 Å². The number of benzene rings is 4. The number of ether oxygens (including phenoxy) is 4. The number of carbonyl (C=O) groups is 5. The minimum Gasteiger partial charge on any atom is -0.494 e. The molecule has 5 aromatic rings. The molecule has 0 saturated carbocycles. The van der Waals surface area contributed by atoms with E-state index in [1.54, 1.807) is 78.3 Å². The van der Waals surface area contributed by atoms with E-state index in [4.69, 9.17) is 28.9 Å². The van der Waals surface area contributed by atoms with Gasteiger partial charge < -0.3 is 69.6 Å². The second kappa shape index (κ2) is 27.2. The SMILES string of the molecule is COc1cc2c(cc1OCCCOc1cc3c(cc1OC)C(=O)N1C=C(c4ccc(N5CCN(C)CC5)cc4)CC1C=N3)N=CC1CC(c3ccc(NC(=O)C(C)NC(=O)C(NC(=O)CCCCCn4c(O)cc(N(C)C)c4O)C(C)C)cc3)=CN1C2=O. The van der Waals surface area contributed by atoms with Crippen molar-refractivity contribution in [2.24, 2.45) is 15.9 Å². The van der Waals surface area contributed by atoms with Crippen LogP contribution in [0.3, 0.4) is 0 Å². The monoisotopic (exact) mass is 1200 g/mol. The maximum atomic E-state index is 14.2. The maximum absolute atomic E-state index is 14.2. The van der Waals surface area contributed by atoms with E-state index in [-0.39, 0.29) is 67.1 Å². The quantitative estimate of drug-likeness (QED) is 0.0365. The number of nitrogens with zero attached hydrogens (tertiary/aromatic N) is 8. The summed E-state index contributed by atoms with van der Waals surface area (Å²) < 4.78 is 25.3.